The Kier molecular flexibility index (Phi) is 6.00. The number of hydrogen-bond donors (Lipinski definition) is 1. The number of amides is 1. The van der Waals surface area contributed by atoms with Crippen LogP contribution in [0.1, 0.15) is 25.8 Å². The van der Waals surface area contributed by atoms with Crippen molar-refractivity contribution in [1.82, 2.24) is 4.90 Å². The molecule has 2 rings (SSSR count). The van der Waals surface area contributed by atoms with E-state index >= 15 is 0 Å². The lowest BCUT2D eigenvalue weighted by Crippen LogP contribution is -2.44. The lowest BCUT2D eigenvalue weighted by Gasteiger charge is -2.24. The van der Waals surface area contributed by atoms with Gasteiger partial charge in [-0.05, 0) is 36.1 Å². The normalized spacial score (nSPS) is 18.1. The van der Waals surface area contributed by atoms with E-state index in [0.717, 1.165) is 21.8 Å². The first-order valence-corrected chi connectivity index (χ1v) is 9.06. The first-order chi connectivity index (χ1) is 10.8. The third-order valence-electron chi connectivity index (χ3n) is 3.26. The van der Waals surface area contributed by atoms with Crippen molar-refractivity contribution in [2.45, 2.75) is 26.3 Å². The Morgan fingerprint density at radius 2 is 2.17 bits per heavy atom. The van der Waals surface area contributed by atoms with E-state index in [9.17, 15) is 14.7 Å². The van der Waals surface area contributed by atoms with Gasteiger partial charge in [0, 0.05) is 4.47 Å². The molecule has 122 valence electrons. The zero-order valence-electron chi connectivity index (χ0n) is 12.7. The number of carbonyl (C=O) groups is 2. The molecule has 1 fully saturated rings. The van der Waals surface area contributed by atoms with Crippen molar-refractivity contribution < 1.29 is 14.7 Å². The number of aliphatic carboxylic acids is 1. The van der Waals surface area contributed by atoms with Gasteiger partial charge in [-0.15, -0.1) is 0 Å². The lowest BCUT2D eigenvalue weighted by molar-refractivity contribution is -0.145. The highest BCUT2D eigenvalue weighted by Crippen LogP contribution is 2.35. The first-order valence-electron chi connectivity index (χ1n) is 7.05. The van der Waals surface area contributed by atoms with E-state index < -0.39 is 12.0 Å². The topological polar surface area (TPSA) is 57.6 Å². The molecule has 1 aromatic carbocycles. The second-order valence-electron chi connectivity index (χ2n) is 5.59. The number of halogens is 1. The maximum Gasteiger partial charge on any atom is 0.326 e. The van der Waals surface area contributed by atoms with Crippen LogP contribution >= 0.6 is 39.9 Å². The first kappa shape index (κ1) is 18.2. The molecule has 0 unspecified atom stereocenters. The van der Waals surface area contributed by atoms with Crippen molar-refractivity contribution in [2.24, 2.45) is 5.92 Å². The van der Waals surface area contributed by atoms with Gasteiger partial charge in [-0.25, -0.2) is 4.79 Å². The smallest absolute Gasteiger partial charge is 0.326 e. The van der Waals surface area contributed by atoms with Crippen molar-refractivity contribution in [1.29, 1.82) is 0 Å². The van der Waals surface area contributed by atoms with Crippen LogP contribution in [0.3, 0.4) is 0 Å². The second kappa shape index (κ2) is 7.59. The van der Waals surface area contributed by atoms with Gasteiger partial charge in [-0.3, -0.25) is 9.69 Å². The van der Waals surface area contributed by atoms with Crippen molar-refractivity contribution in [3.8, 4) is 0 Å². The van der Waals surface area contributed by atoms with Crippen molar-refractivity contribution in [2.75, 3.05) is 0 Å². The molecule has 0 aliphatic carbocycles. The predicted octanol–water partition coefficient (Wildman–Crippen LogP) is 4.15. The molecule has 1 aliphatic heterocycles. The minimum absolute atomic E-state index is 0.148. The number of benzene rings is 1. The largest absolute Gasteiger partial charge is 0.480 e. The number of thiocarbonyl (C=S) groups is 1. The zero-order chi connectivity index (χ0) is 17.1. The fourth-order valence-electron chi connectivity index (χ4n) is 2.26. The summed E-state index contributed by atoms with van der Waals surface area (Å²) in [5.74, 6) is -1.22. The van der Waals surface area contributed by atoms with Crippen LogP contribution in [0.25, 0.3) is 6.08 Å². The summed E-state index contributed by atoms with van der Waals surface area (Å²) in [4.78, 5) is 25.8. The minimum Gasteiger partial charge on any atom is -0.480 e. The molecule has 1 atom stereocenters. The van der Waals surface area contributed by atoms with Gasteiger partial charge in [0.1, 0.15) is 10.4 Å². The van der Waals surface area contributed by atoms with Gasteiger partial charge >= 0.3 is 5.97 Å². The maximum absolute atomic E-state index is 12.6. The Balaban J connectivity index is 2.30. The molecule has 0 bridgehead atoms. The highest BCUT2D eigenvalue weighted by atomic mass is 79.9. The highest BCUT2D eigenvalue weighted by molar-refractivity contribution is 9.10. The average molecular weight is 414 g/mol. The molecule has 1 heterocycles. The third-order valence-corrected chi connectivity index (χ3v) is 5.09. The molecule has 7 heteroatoms. The van der Waals surface area contributed by atoms with Gasteiger partial charge in [-0.2, -0.15) is 0 Å². The highest BCUT2D eigenvalue weighted by Gasteiger charge is 2.40. The van der Waals surface area contributed by atoms with Gasteiger partial charge in [0.2, 0.25) is 0 Å². The van der Waals surface area contributed by atoms with Gasteiger partial charge in [0.15, 0.2) is 0 Å². The van der Waals surface area contributed by atoms with Crippen molar-refractivity contribution in [3.05, 3.63) is 39.2 Å². The van der Waals surface area contributed by atoms with Crippen LogP contribution < -0.4 is 0 Å². The summed E-state index contributed by atoms with van der Waals surface area (Å²) in [6, 6.07) is 6.60. The van der Waals surface area contributed by atoms with Crippen LogP contribution in [0, 0.1) is 5.92 Å². The number of carbonyl (C=O) groups excluding carboxylic acids is 1. The average Bonchev–Trinajstić information content (AvgIpc) is 2.71. The Morgan fingerprint density at radius 3 is 2.74 bits per heavy atom. The summed E-state index contributed by atoms with van der Waals surface area (Å²) in [6.45, 7) is 3.84. The zero-order valence-corrected chi connectivity index (χ0v) is 15.9. The molecule has 4 nitrogen and oxygen atoms in total. The monoisotopic (exact) mass is 413 g/mol. The standard InChI is InChI=1S/C16H16BrNO3S2/c1-9(2)6-12(15(20)21)18-14(19)13(23-16(18)22)8-10-4-3-5-11(17)7-10/h3-5,7-9,12H,6H2,1-2H3,(H,20,21)/b13-8-/t12-/m1/s1. The van der Waals surface area contributed by atoms with E-state index in [1.54, 1.807) is 6.08 Å². The molecule has 0 spiro atoms. The molecule has 1 aliphatic rings. The van der Waals surface area contributed by atoms with Crippen LogP contribution in [0.15, 0.2) is 33.6 Å². The molecule has 1 saturated heterocycles. The number of hydrogen-bond acceptors (Lipinski definition) is 4. The van der Waals surface area contributed by atoms with Crippen LogP contribution in [-0.4, -0.2) is 32.2 Å². The molecule has 0 saturated carbocycles. The fraction of sp³-hybridized carbons (Fsp3) is 0.312. The minimum atomic E-state index is -1.03. The summed E-state index contributed by atoms with van der Waals surface area (Å²) in [5.41, 5.74) is 0.857. The quantitative estimate of drug-likeness (QED) is 0.580. The summed E-state index contributed by atoms with van der Waals surface area (Å²) >= 11 is 9.77. The Bertz CT molecular complexity index is 688. The Hall–Kier alpha value is -1.18. The number of rotatable bonds is 5. The summed E-state index contributed by atoms with van der Waals surface area (Å²) in [6.07, 6.45) is 2.10. The number of nitrogens with zero attached hydrogens (tertiary/aromatic N) is 1. The van der Waals surface area contributed by atoms with Crippen LogP contribution in [0.2, 0.25) is 0 Å². The number of carboxylic acids is 1. The molecule has 23 heavy (non-hydrogen) atoms. The van der Waals surface area contributed by atoms with E-state index in [-0.39, 0.29) is 11.8 Å². The Morgan fingerprint density at radius 1 is 1.48 bits per heavy atom. The third kappa shape index (κ3) is 4.43. The molecular weight excluding hydrogens is 398 g/mol. The summed E-state index contributed by atoms with van der Waals surface area (Å²) < 4.78 is 1.20. The van der Waals surface area contributed by atoms with Gasteiger partial charge < -0.3 is 5.11 Å². The maximum atomic E-state index is 12.6. The molecule has 1 amide bonds. The molecule has 1 aromatic rings. The summed E-state index contributed by atoms with van der Waals surface area (Å²) in [7, 11) is 0. The second-order valence-corrected chi connectivity index (χ2v) is 8.18. The number of carboxylic acid groups (broad SMARTS) is 1. The van der Waals surface area contributed by atoms with Gasteiger partial charge in [0.25, 0.3) is 5.91 Å². The fourth-order valence-corrected chi connectivity index (χ4v) is 4.03. The van der Waals surface area contributed by atoms with Crippen LogP contribution in [0.5, 0.6) is 0 Å². The van der Waals surface area contributed by atoms with Gasteiger partial charge in [-0.1, -0.05) is 65.9 Å². The predicted molar refractivity (Wildman–Crippen MR) is 100 cm³/mol. The van der Waals surface area contributed by atoms with Gasteiger partial charge in [0.05, 0.1) is 4.91 Å². The lowest BCUT2D eigenvalue weighted by atomic mass is 10.0. The van der Waals surface area contributed by atoms with E-state index in [0.29, 0.717) is 15.6 Å². The van der Waals surface area contributed by atoms with Crippen LogP contribution in [0.4, 0.5) is 0 Å². The Labute approximate surface area is 153 Å². The molecular formula is C16H16BrNO3S2. The van der Waals surface area contributed by atoms with Crippen LogP contribution in [-0.2, 0) is 9.59 Å². The molecule has 0 aromatic heterocycles. The molecule has 1 N–H and O–H groups in total. The summed E-state index contributed by atoms with van der Waals surface area (Å²) in [5, 5.41) is 9.44. The van der Waals surface area contributed by atoms with E-state index in [4.69, 9.17) is 12.2 Å². The molecule has 0 radical (unpaired) electrons. The van der Waals surface area contributed by atoms with Crippen molar-refractivity contribution >= 4 is 62.2 Å². The van der Waals surface area contributed by atoms with Crippen molar-refractivity contribution in [3.63, 3.8) is 0 Å². The van der Waals surface area contributed by atoms with E-state index in [1.807, 2.05) is 38.1 Å². The van der Waals surface area contributed by atoms with E-state index in [1.165, 1.54) is 4.90 Å². The SMILES string of the molecule is CC(C)C[C@H](C(=O)O)N1C(=O)/C(=C/c2cccc(Br)c2)SC1=S. The van der Waals surface area contributed by atoms with E-state index in [2.05, 4.69) is 15.9 Å². The number of thioether (sulfide) groups is 1.